The molecule has 2 rings (SSSR count). The summed E-state index contributed by atoms with van der Waals surface area (Å²) >= 11 is 0. The summed E-state index contributed by atoms with van der Waals surface area (Å²) in [5.41, 5.74) is -0.0726. The van der Waals surface area contributed by atoms with Gasteiger partial charge in [0.15, 0.2) is 0 Å². The van der Waals surface area contributed by atoms with E-state index in [1.165, 1.54) is 6.07 Å². The molecule has 0 aliphatic carbocycles. The van der Waals surface area contributed by atoms with E-state index in [1.807, 2.05) is 6.07 Å². The molecule has 0 atom stereocenters. The van der Waals surface area contributed by atoms with Crippen LogP contribution in [0.4, 0.5) is 0 Å². The Morgan fingerprint density at radius 3 is 2.44 bits per heavy atom. The zero-order valence-corrected chi connectivity index (χ0v) is 8.21. The van der Waals surface area contributed by atoms with Gasteiger partial charge in [-0.3, -0.25) is 0 Å². The Bertz CT molecular complexity index is 569. The van der Waals surface area contributed by atoms with Crippen molar-refractivity contribution >= 4 is 5.97 Å². The van der Waals surface area contributed by atoms with Crippen molar-refractivity contribution < 1.29 is 14.3 Å². The lowest BCUT2D eigenvalue weighted by molar-refractivity contribution is 0.0696. The third-order valence-corrected chi connectivity index (χ3v) is 2.08. The van der Waals surface area contributed by atoms with E-state index in [0.29, 0.717) is 5.56 Å². The van der Waals surface area contributed by atoms with Crippen LogP contribution in [-0.4, -0.2) is 11.1 Å². The number of aromatic carboxylic acids is 1. The lowest BCUT2D eigenvalue weighted by atomic mass is 10.1. The average Bonchev–Trinajstić information content (AvgIpc) is 2.29. The molecular formula is C12H8O4. The van der Waals surface area contributed by atoms with Crippen LogP contribution in [0.1, 0.15) is 10.4 Å². The number of carbonyl (C=O) groups is 1. The summed E-state index contributed by atoms with van der Waals surface area (Å²) in [7, 11) is 0. The van der Waals surface area contributed by atoms with E-state index in [2.05, 4.69) is 0 Å². The summed E-state index contributed by atoms with van der Waals surface area (Å²) in [5.74, 6) is -0.893. The Kier molecular flexibility index (Phi) is 2.55. The van der Waals surface area contributed by atoms with Gasteiger partial charge in [0.2, 0.25) is 0 Å². The van der Waals surface area contributed by atoms with Crippen LogP contribution in [0.25, 0.3) is 11.3 Å². The van der Waals surface area contributed by atoms with Gasteiger partial charge in [-0.2, -0.15) is 0 Å². The zero-order valence-electron chi connectivity index (χ0n) is 8.21. The molecule has 1 aromatic heterocycles. The summed E-state index contributed by atoms with van der Waals surface area (Å²) in [6.45, 7) is 0. The van der Waals surface area contributed by atoms with E-state index in [9.17, 15) is 9.59 Å². The molecule has 4 nitrogen and oxygen atoms in total. The van der Waals surface area contributed by atoms with Crippen molar-refractivity contribution in [2.45, 2.75) is 0 Å². The second-order valence-electron chi connectivity index (χ2n) is 3.20. The molecule has 80 valence electrons. The fourth-order valence-electron chi connectivity index (χ4n) is 1.35. The minimum atomic E-state index is -1.15. The summed E-state index contributed by atoms with van der Waals surface area (Å²) in [4.78, 5) is 21.9. The SMILES string of the molecule is O=C(O)c1cc(-c2ccccc2)oc(=O)c1. The average molecular weight is 216 g/mol. The Morgan fingerprint density at radius 2 is 1.81 bits per heavy atom. The number of rotatable bonds is 2. The third-order valence-electron chi connectivity index (χ3n) is 2.08. The molecule has 0 amide bonds. The monoisotopic (exact) mass is 216 g/mol. The van der Waals surface area contributed by atoms with E-state index in [4.69, 9.17) is 9.52 Å². The maximum atomic E-state index is 11.2. The van der Waals surface area contributed by atoms with Gasteiger partial charge in [-0.1, -0.05) is 30.3 Å². The topological polar surface area (TPSA) is 67.5 Å². The van der Waals surface area contributed by atoms with E-state index >= 15 is 0 Å². The highest BCUT2D eigenvalue weighted by molar-refractivity contribution is 5.88. The molecular weight excluding hydrogens is 208 g/mol. The first-order chi connectivity index (χ1) is 7.66. The number of benzene rings is 1. The number of carboxylic acid groups (broad SMARTS) is 1. The first-order valence-corrected chi connectivity index (χ1v) is 4.61. The van der Waals surface area contributed by atoms with Gasteiger partial charge in [0.05, 0.1) is 5.56 Å². The van der Waals surface area contributed by atoms with Crippen molar-refractivity contribution in [2.24, 2.45) is 0 Å². The smallest absolute Gasteiger partial charge is 0.337 e. The van der Waals surface area contributed by atoms with Gasteiger partial charge in [0.25, 0.3) is 0 Å². The molecule has 0 aliphatic rings. The van der Waals surface area contributed by atoms with Crippen LogP contribution >= 0.6 is 0 Å². The number of carboxylic acids is 1. The summed E-state index contributed by atoms with van der Waals surface area (Å²) < 4.78 is 4.94. The van der Waals surface area contributed by atoms with Crippen molar-refractivity contribution in [2.75, 3.05) is 0 Å². The van der Waals surface area contributed by atoms with Gasteiger partial charge < -0.3 is 9.52 Å². The Labute approximate surface area is 90.8 Å². The van der Waals surface area contributed by atoms with E-state index in [0.717, 1.165) is 6.07 Å². The summed E-state index contributed by atoms with van der Waals surface area (Å²) in [6, 6.07) is 11.1. The van der Waals surface area contributed by atoms with Crippen LogP contribution in [0.15, 0.2) is 51.7 Å². The maximum absolute atomic E-state index is 11.2. The van der Waals surface area contributed by atoms with Crippen molar-refractivity contribution in [3.63, 3.8) is 0 Å². The van der Waals surface area contributed by atoms with Crippen molar-refractivity contribution in [3.05, 3.63) is 58.4 Å². The normalized spacial score (nSPS) is 10.0. The standard InChI is InChI=1S/C12H8O4/c13-11-7-9(12(14)15)6-10(16-11)8-4-2-1-3-5-8/h1-7H,(H,14,15). The van der Waals surface area contributed by atoms with Crippen molar-refractivity contribution in [1.29, 1.82) is 0 Å². The first-order valence-electron chi connectivity index (χ1n) is 4.61. The van der Waals surface area contributed by atoms with E-state index in [-0.39, 0.29) is 11.3 Å². The van der Waals surface area contributed by atoms with Crippen LogP contribution in [-0.2, 0) is 0 Å². The highest BCUT2D eigenvalue weighted by atomic mass is 16.4. The maximum Gasteiger partial charge on any atom is 0.337 e. The molecule has 1 aromatic carbocycles. The van der Waals surface area contributed by atoms with Gasteiger partial charge >= 0.3 is 11.6 Å². The molecule has 0 bridgehead atoms. The molecule has 16 heavy (non-hydrogen) atoms. The predicted octanol–water partition coefficient (Wildman–Crippen LogP) is 2.00. The van der Waals surface area contributed by atoms with Gasteiger partial charge in [-0.25, -0.2) is 9.59 Å². The predicted molar refractivity (Wildman–Crippen MR) is 57.4 cm³/mol. The van der Waals surface area contributed by atoms with Crippen LogP contribution in [0.3, 0.4) is 0 Å². The minimum absolute atomic E-state index is 0.0740. The lowest BCUT2D eigenvalue weighted by Crippen LogP contribution is -2.05. The van der Waals surface area contributed by atoms with Crippen LogP contribution in [0.2, 0.25) is 0 Å². The highest BCUT2D eigenvalue weighted by Crippen LogP contribution is 2.18. The molecule has 1 heterocycles. The second kappa shape index (κ2) is 4.02. The van der Waals surface area contributed by atoms with Gasteiger partial charge in [-0.05, 0) is 6.07 Å². The van der Waals surface area contributed by atoms with E-state index < -0.39 is 11.6 Å². The lowest BCUT2D eigenvalue weighted by Gasteiger charge is -2.00. The first kappa shape index (κ1) is 10.2. The Morgan fingerprint density at radius 1 is 1.12 bits per heavy atom. The molecule has 0 spiro atoms. The van der Waals surface area contributed by atoms with Gasteiger partial charge in [-0.15, -0.1) is 0 Å². The molecule has 2 aromatic rings. The van der Waals surface area contributed by atoms with Gasteiger partial charge in [0, 0.05) is 11.6 Å². The minimum Gasteiger partial charge on any atom is -0.478 e. The zero-order chi connectivity index (χ0) is 11.5. The molecule has 0 aliphatic heterocycles. The molecule has 0 unspecified atom stereocenters. The fourth-order valence-corrected chi connectivity index (χ4v) is 1.35. The second-order valence-corrected chi connectivity index (χ2v) is 3.20. The molecule has 0 fully saturated rings. The van der Waals surface area contributed by atoms with Crippen LogP contribution in [0, 0.1) is 0 Å². The largest absolute Gasteiger partial charge is 0.478 e. The Hall–Kier alpha value is -2.36. The Balaban J connectivity index is 2.58. The molecule has 0 saturated carbocycles. The molecule has 1 N–H and O–H groups in total. The van der Waals surface area contributed by atoms with Crippen LogP contribution < -0.4 is 5.63 Å². The quantitative estimate of drug-likeness (QED) is 0.833. The molecule has 0 saturated heterocycles. The van der Waals surface area contributed by atoms with Crippen molar-refractivity contribution in [3.8, 4) is 11.3 Å². The molecule has 4 heteroatoms. The number of hydrogen-bond donors (Lipinski definition) is 1. The molecule has 0 radical (unpaired) electrons. The van der Waals surface area contributed by atoms with Gasteiger partial charge in [0.1, 0.15) is 5.76 Å². The number of hydrogen-bond acceptors (Lipinski definition) is 3. The fraction of sp³-hybridized carbons (Fsp3) is 0. The van der Waals surface area contributed by atoms with E-state index in [1.54, 1.807) is 24.3 Å². The van der Waals surface area contributed by atoms with Crippen molar-refractivity contribution in [1.82, 2.24) is 0 Å². The summed E-state index contributed by atoms with van der Waals surface area (Å²) in [6.07, 6.45) is 0. The third kappa shape index (κ3) is 2.00. The summed E-state index contributed by atoms with van der Waals surface area (Å²) in [5, 5.41) is 8.80. The highest BCUT2D eigenvalue weighted by Gasteiger charge is 2.08. The van der Waals surface area contributed by atoms with Crippen LogP contribution in [0.5, 0.6) is 0 Å².